The first-order valence-electron chi connectivity index (χ1n) is 10.2. The number of hydrogen-bond donors (Lipinski definition) is 2. The summed E-state index contributed by atoms with van der Waals surface area (Å²) in [7, 11) is 0. The molecular weight excluding hydrogens is 416 g/mol. The smallest absolute Gasteiger partial charge is 0.407 e. The summed E-state index contributed by atoms with van der Waals surface area (Å²) in [5, 5.41) is 13.2. The molecule has 0 unspecified atom stereocenters. The first kappa shape index (κ1) is 20.9. The fourth-order valence-corrected chi connectivity index (χ4v) is 4.65. The lowest BCUT2D eigenvalue weighted by molar-refractivity contribution is -0.0452. The molecule has 1 aliphatic carbocycles. The number of fused-ring (bicyclic) bond motifs is 1. The molecule has 2 heterocycles. The Kier molecular flexibility index (Phi) is 5.61. The lowest BCUT2D eigenvalue weighted by Gasteiger charge is -2.39. The Morgan fingerprint density at radius 2 is 1.97 bits per heavy atom. The van der Waals surface area contributed by atoms with E-state index in [-0.39, 0.29) is 30.7 Å². The summed E-state index contributed by atoms with van der Waals surface area (Å²) in [6, 6.07) is 5.21. The summed E-state index contributed by atoms with van der Waals surface area (Å²) in [5.41, 5.74) is 1.18. The third-order valence-corrected chi connectivity index (χ3v) is 6.60. The van der Waals surface area contributed by atoms with Gasteiger partial charge in [0.2, 0.25) is 5.92 Å². The van der Waals surface area contributed by atoms with Gasteiger partial charge in [-0.15, -0.1) is 0 Å². The van der Waals surface area contributed by atoms with E-state index in [1.54, 1.807) is 18.3 Å². The largest absolute Gasteiger partial charge is 0.465 e. The number of hydrogen-bond acceptors (Lipinski definition) is 2. The molecule has 30 heavy (non-hydrogen) atoms. The third-order valence-electron chi connectivity index (χ3n) is 6.29. The minimum Gasteiger partial charge on any atom is -0.465 e. The Hall–Kier alpha value is -2.35. The maximum atomic E-state index is 13.3. The molecule has 0 spiro atoms. The number of alkyl halides is 2. The molecule has 2 fully saturated rings. The van der Waals surface area contributed by atoms with Crippen molar-refractivity contribution in [3.8, 4) is 0 Å². The summed E-state index contributed by atoms with van der Waals surface area (Å²) in [6.07, 6.45) is 2.03. The lowest BCUT2D eigenvalue weighted by Crippen LogP contribution is -2.52. The third kappa shape index (κ3) is 4.10. The number of nitrogens with one attached hydrogen (secondary N) is 1. The van der Waals surface area contributed by atoms with Crippen LogP contribution in [0.25, 0.3) is 10.9 Å². The minimum absolute atomic E-state index is 0.0384. The first-order valence-corrected chi connectivity index (χ1v) is 10.6. The summed E-state index contributed by atoms with van der Waals surface area (Å²) in [4.78, 5) is 25.6. The van der Waals surface area contributed by atoms with Gasteiger partial charge in [0.05, 0.1) is 22.1 Å². The lowest BCUT2D eigenvalue weighted by atomic mass is 9.87. The van der Waals surface area contributed by atoms with Crippen molar-refractivity contribution in [3.63, 3.8) is 0 Å². The van der Waals surface area contributed by atoms with Crippen LogP contribution in [0.3, 0.4) is 0 Å². The van der Waals surface area contributed by atoms with Crippen molar-refractivity contribution in [1.82, 2.24) is 14.8 Å². The van der Waals surface area contributed by atoms with E-state index in [0.29, 0.717) is 48.4 Å². The van der Waals surface area contributed by atoms with Crippen LogP contribution in [0.5, 0.6) is 0 Å². The molecule has 9 heteroatoms. The van der Waals surface area contributed by atoms with Crippen molar-refractivity contribution in [1.29, 1.82) is 0 Å². The zero-order valence-corrected chi connectivity index (χ0v) is 17.2. The van der Waals surface area contributed by atoms with Crippen LogP contribution in [-0.2, 0) is 6.54 Å². The molecule has 0 radical (unpaired) electrons. The van der Waals surface area contributed by atoms with Crippen LogP contribution in [0.15, 0.2) is 24.4 Å². The van der Waals surface area contributed by atoms with Gasteiger partial charge in [0, 0.05) is 44.1 Å². The zero-order chi connectivity index (χ0) is 21.5. The van der Waals surface area contributed by atoms with E-state index < -0.39 is 12.0 Å². The number of likely N-dealkylation sites (tertiary alicyclic amines) is 1. The van der Waals surface area contributed by atoms with Crippen LogP contribution >= 0.6 is 11.6 Å². The highest BCUT2D eigenvalue weighted by atomic mass is 35.5. The fraction of sp³-hybridized carbons (Fsp3) is 0.524. The molecule has 1 aromatic carbocycles. The van der Waals surface area contributed by atoms with Crippen LogP contribution < -0.4 is 5.32 Å². The number of carboxylic acid groups (broad SMARTS) is 1. The van der Waals surface area contributed by atoms with E-state index in [2.05, 4.69) is 5.32 Å². The Labute approximate surface area is 177 Å². The van der Waals surface area contributed by atoms with Crippen LogP contribution in [0.2, 0.25) is 5.02 Å². The molecule has 1 atom stereocenters. The van der Waals surface area contributed by atoms with E-state index in [9.17, 15) is 23.5 Å². The van der Waals surface area contributed by atoms with E-state index in [1.165, 1.54) is 4.90 Å². The average Bonchev–Trinajstić information content (AvgIpc) is 3.04. The van der Waals surface area contributed by atoms with Gasteiger partial charge < -0.3 is 19.9 Å². The van der Waals surface area contributed by atoms with E-state index in [1.807, 2.05) is 10.6 Å². The quantitative estimate of drug-likeness (QED) is 0.714. The minimum atomic E-state index is -2.59. The summed E-state index contributed by atoms with van der Waals surface area (Å²) in [6.45, 7) is 1.29. The molecule has 2 aliphatic rings. The van der Waals surface area contributed by atoms with Gasteiger partial charge in [0.15, 0.2) is 0 Å². The molecule has 1 aromatic heterocycles. The molecule has 2 N–H and O–H groups in total. The molecule has 2 amide bonds. The van der Waals surface area contributed by atoms with Crippen molar-refractivity contribution < 1.29 is 23.5 Å². The maximum absolute atomic E-state index is 13.3. The number of halogens is 3. The van der Waals surface area contributed by atoms with Gasteiger partial charge >= 0.3 is 6.09 Å². The van der Waals surface area contributed by atoms with Gasteiger partial charge in [-0.3, -0.25) is 4.79 Å². The second-order valence-corrected chi connectivity index (χ2v) is 8.66. The van der Waals surface area contributed by atoms with Crippen molar-refractivity contribution in [3.05, 3.63) is 35.0 Å². The number of benzene rings is 1. The van der Waals surface area contributed by atoms with E-state index >= 15 is 0 Å². The van der Waals surface area contributed by atoms with Crippen molar-refractivity contribution in [2.24, 2.45) is 5.92 Å². The van der Waals surface area contributed by atoms with Crippen molar-refractivity contribution in [2.75, 3.05) is 13.1 Å². The second-order valence-electron chi connectivity index (χ2n) is 8.26. The molecule has 1 aliphatic heterocycles. The van der Waals surface area contributed by atoms with E-state index in [4.69, 9.17) is 11.6 Å². The number of rotatable bonds is 5. The van der Waals surface area contributed by atoms with Crippen LogP contribution in [-0.4, -0.2) is 51.6 Å². The standard InChI is InChI=1S/C21H24ClF2N3O3/c22-16-2-1-3-17-18(16)15(12-26(17)11-14-6-9-27(14)20(29)30)19(28)25-10-13-4-7-21(23,24)8-5-13/h1-3,12-14H,4-11H2,(H,25,28)(H,29,30)/t14-/m0/s1. The molecule has 4 rings (SSSR count). The van der Waals surface area contributed by atoms with Gasteiger partial charge in [-0.2, -0.15) is 0 Å². The van der Waals surface area contributed by atoms with Crippen molar-refractivity contribution >= 4 is 34.5 Å². The highest BCUT2D eigenvalue weighted by Crippen LogP contribution is 2.36. The van der Waals surface area contributed by atoms with Gasteiger partial charge in [-0.1, -0.05) is 17.7 Å². The van der Waals surface area contributed by atoms with Crippen LogP contribution in [0, 0.1) is 5.92 Å². The predicted octanol–water partition coefficient (Wildman–Crippen LogP) is 4.60. The average molecular weight is 440 g/mol. The number of nitrogens with zero attached hydrogens (tertiary/aromatic N) is 2. The number of carbonyl (C=O) groups is 2. The molecular formula is C21H24ClF2N3O3. The first-order chi connectivity index (χ1) is 14.2. The Bertz CT molecular complexity index is 968. The number of carbonyl (C=O) groups excluding carboxylic acids is 1. The fourth-order valence-electron chi connectivity index (χ4n) is 4.38. The SMILES string of the molecule is O=C(NCC1CCC(F)(F)CC1)c1cn(C[C@@H]2CCN2C(=O)O)c2cccc(Cl)c12. The summed E-state index contributed by atoms with van der Waals surface area (Å²) < 4.78 is 28.5. The van der Waals surface area contributed by atoms with Crippen LogP contribution in [0.1, 0.15) is 42.5 Å². The zero-order valence-electron chi connectivity index (χ0n) is 16.4. The second kappa shape index (κ2) is 8.06. The molecule has 162 valence electrons. The highest BCUT2D eigenvalue weighted by Gasteiger charge is 2.35. The van der Waals surface area contributed by atoms with Gasteiger partial charge in [0.25, 0.3) is 5.91 Å². The normalized spacial score (nSPS) is 21.4. The van der Waals surface area contributed by atoms with Gasteiger partial charge in [0.1, 0.15) is 0 Å². The number of aromatic nitrogens is 1. The molecule has 1 saturated heterocycles. The molecule has 0 bridgehead atoms. The molecule has 2 aromatic rings. The molecule has 6 nitrogen and oxygen atoms in total. The van der Waals surface area contributed by atoms with Gasteiger partial charge in [-0.25, -0.2) is 13.6 Å². The Morgan fingerprint density at radius 1 is 1.23 bits per heavy atom. The predicted molar refractivity (Wildman–Crippen MR) is 109 cm³/mol. The van der Waals surface area contributed by atoms with Gasteiger partial charge in [-0.05, 0) is 37.3 Å². The monoisotopic (exact) mass is 439 g/mol. The van der Waals surface area contributed by atoms with E-state index in [0.717, 1.165) is 11.9 Å². The Balaban J connectivity index is 1.50. The maximum Gasteiger partial charge on any atom is 0.407 e. The Morgan fingerprint density at radius 3 is 2.60 bits per heavy atom. The number of amides is 2. The van der Waals surface area contributed by atoms with Crippen LogP contribution in [0.4, 0.5) is 13.6 Å². The summed E-state index contributed by atoms with van der Waals surface area (Å²) in [5.74, 6) is -2.85. The topological polar surface area (TPSA) is 74.6 Å². The molecule has 1 saturated carbocycles. The van der Waals surface area contributed by atoms with Crippen molar-refractivity contribution in [2.45, 2.75) is 50.6 Å². The summed E-state index contributed by atoms with van der Waals surface area (Å²) >= 11 is 6.38. The highest BCUT2D eigenvalue weighted by molar-refractivity contribution is 6.36.